The number of methoxy groups -OCH3 is 1. The standard InChI is InChI=1S/C9H20O4/c1-4-12-9(2)13-8-7-11-6-5-10-3/h9H,4-8H2,1-3H3. The Labute approximate surface area is 80.1 Å². The van der Waals surface area contributed by atoms with Crippen LogP contribution in [0, 0.1) is 0 Å². The summed E-state index contributed by atoms with van der Waals surface area (Å²) in [5.74, 6) is 0. The number of hydrogen-bond acceptors (Lipinski definition) is 4. The second-order valence-corrected chi connectivity index (χ2v) is 2.50. The molecule has 0 rings (SSSR count). The highest BCUT2D eigenvalue weighted by molar-refractivity contribution is 4.34. The van der Waals surface area contributed by atoms with E-state index in [9.17, 15) is 0 Å². The van der Waals surface area contributed by atoms with E-state index in [1.807, 2.05) is 13.8 Å². The van der Waals surface area contributed by atoms with Crippen molar-refractivity contribution in [1.82, 2.24) is 0 Å². The molecule has 0 bridgehead atoms. The molecule has 0 saturated heterocycles. The van der Waals surface area contributed by atoms with Gasteiger partial charge in [0.1, 0.15) is 0 Å². The van der Waals surface area contributed by atoms with E-state index in [4.69, 9.17) is 18.9 Å². The van der Waals surface area contributed by atoms with E-state index >= 15 is 0 Å². The Kier molecular flexibility index (Phi) is 9.80. The van der Waals surface area contributed by atoms with E-state index in [0.717, 1.165) is 0 Å². The van der Waals surface area contributed by atoms with Crippen molar-refractivity contribution in [3.8, 4) is 0 Å². The van der Waals surface area contributed by atoms with Crippen molar-refractivity contribution in [2.75, 3.05) is 40.1 Å². The van der Waals surface area contributed by atoms with Crippen LogP contribution < -0.4 is 0 Å². The molecule has 80 valence electrons. The van der Waals surface area contributed by atoms with Crippen LogP contribution in [0.4, 0.5) is 0 Å². The average Bonchev–Trinajstić information content (AvgIpc) is 2.11. The van der Waals surface area contributed by atoms with E-state index < -0.39 is 0 Å². The van der Waals surface area contributed by atoms with Gasteiger partial charge < -0.3 is 18.9 Å². The number of hydrogen-bond donors (Lipinski definition) is 0. The molecule has 0 aromatic carbocycles. The van der Waals surface area contributed by atoms with Gasteiger partial charge in [-0.25, -0.2) is 0 Å². The van der Waals surface area contributed by atoms with Gasteiger partial charge in [0, 0.05) is 13.7 Å². The smallest absolute Gasteiger partial charge is 0.154 e. The molecule has 0 N–H and O–H groups in total. The average molecular weight is 192 g/mol. The molecule has 1 atom stereocenters. The molecule has 0 saturated carbocycles. The van der Waals surface area contributed by atoms with Crippen LogP contribution in [-0.2, 0) is 18.9 Å². The summed E-state index contributed by atoms with van der Waals surface area (Å²) in [5.41, 5.74) is 0. The molecule has 0 heterocycles. The molecular formula is C9H20O4. The molecule has 0 aromatic rings. The third-order valence-electron chi connectivity index (χ3n) is 1.41. The van der Waals surface area contributed by atoms with E-state index in [2.05, 4.69) is 0 Å². The Morgan fingerprint density at radius 2 is 1.69 bits per heavy atom. The van der Waals surface area contributed by atoms with Crippen molar-refractivity contribution in [3.05, 3.63) is 0 Å². The topological polar surface area (TPSA) is 36.9 Å². The Bertz CT molecular complexity index is 97.6. The second kappa shape index (κ2) is 9.92. The largest absolute Gasteiger partial charge is 0.382 e. The van der Waals surface area contributed by atoms with Crippen LogP contribution in [0.2, 0.25) is 0 Å². The molecular weight excluding hydrogens is 172 g/mol. The van der Waals surface area contributed by atoms with Crippen LogP contribution in [-0.4, -0.2) is 46.4 Å². The summed E-state index contributed by atoms with van der Waals surface area (Å²) in [6.07, 6.45) is -0.143. The first-order chi connectivity index (χ1) is 6.31. The molecule has 13 heavy (non-hydrogen) atoms. The zero-order chi connectivity index (χ0) is 9.94. The van der Waals surface area contributed by atoms with Gasteiger partial charge in [0.05, 0.1) is 26.4 Å². The van der Waals surface area contributed by atoms with Crippen molar-refractivity contribution in [1.29, 1.82) is 0 Å². The molecule has 0 fully saturated rings. The van der Waals surface area contributed by atoms with E-state index in [1.54, 1.807) is 7.11 Å². The van der Waals surface area contributed by atoms with Gasteiger partial charge in [0.2, 0.25) is 0 Å². The van der Waals surface area contributed by atoms with Crippen molar-refractivity contribution < 1.29 is 18.9 Å². The molecule has 0 aromatic heterocycles. The van der Waals surface area contributed by atoms with Crippen LogP contribution in [0.3, 0.4) is 0 Å². The van der Waals surface area contributed by atoms with Crippen molar-refractivity contribution in [3.63, 3.8) is 0 Å². The zero-order valence-electron chi connectivity index (χ0n) is 8.75. The van der Waals surface area contributed by atoms with Gasteiger partial charge in [-0.2, -0.15) is 0 Å². The maximum Gasteiger partial charge on any atom is 0.154 e. The van der Waals surface area contributed by atoms with Gasteiger partial charge in [0.25, 0.3) is 0 Å². The van der Waals surface area contributed by atoms with Crippen LogP contribution >= 0.6 is 0 Å². The summed E-state index contributed by atoms with van der Waals surface area (Å²) < 4.78 is 20.5. The fourth-order valence-electron chi connectivity index (χ4n) is 0.800. The number of ether oxygens (including phenoxy) is 4. The van der Waals surface area contributed by atoms with Gasteiger partial charge in [-0.05, 0) is 13.8 Å². The molecule has 0 amide bonds. The Morgan fingerprint density at radius 3 is 2.31 bits per heavy atom. The lowest BCUT2D eigenvalue weighted by atomic mass is 10.7. The van der Waals surface area contributed by atoms with Crippen LogP contribution in [0.1, 0.15) is 13.8 Å². The van der Waals surface area contributed by atoms with Crippen LogP contribution in [0.15, 0.2) is 0 Å². The number of rotatable bonds is 9. The Morgan fingerprint density at radius 1 is 1.00 bits per heavy atom. The first-order valence-electron chi connectivity index (χ1n) is 4.61. The lowest BCUT2D eigenvalue weighted by Crippen LogP contribution is -2.16. The predicted molar refractivity (Wildman–Crippen MR) is 49.7 cm³/mol. The van der Waals surface area contributed by atoms with Gasteiger partial charge in [0.15, 0.2) is 6.29 Å². The normalized spacial score (nSPS) is 13.2. The molecule has 0 radical (unpaired) electrons. The molecule has 0 spiro atoms. The third-order valence-corrected chi connectivity index (χ3v) is 1.41. The first-order valence-corrected chi connectivity index (χ1v) is 4.61. The maximum atomic E-state index is 5.27. The van der Waals surface area contributed by atoms with Crippen LogP contribution in [0.25, 0.3) is 0 Å². The first kappa shape index (κ1) is 12.8. The SMILES string of the molecule is CCOC(C)OCCOCCOC. The van der Waals surface area contributed by atoms with Crippen molar-refractivity contribution in [2.24, 2.45) is 0 Å². The van der Waals surface area contributed by atoms with Crippen molar-refractivity contribution >= 4 is 0 Å². The molecule has 0 aliphatic rings. The Hall–Kier alpha value is -0.160. The van der Waals surface area contributed by atoms with Gasteiger partial charge in [-0.3, -0.25) is 0 Å². The fraction of sp³-hybridized carbons (Fsp3) is 1.00. The lowest BCUT2D eigenvalue weighted by molar-refractivity contribution is -0.137. The summed E-state index contributed by atoms with van der Waals surface area (Å²) in [7, 11) is 1.65. The molecule has 4 nitrogen and oxygen atoms in total. The van der Waals surface area contributed by atoms with Crippen LogP contribution in [0.5, 0.6) is 0 Å². The van der Waals surface area contributed by atoms with Gasteiger partial charge in [-0.15, -0.1) is 0 Å². The molecule has 1 unspecified atom stereocenters. The second-order valence-electron chi connectivity index (χ2n) is 2.50. The summed E-state index contributed by atoms with van der Waals surface area (Å²) in [6.45, 7) is 6.87. The van der Waals surface area contributed by atoms with Crippen molar-refractivity contribution in [2.45, 2.75) is 20.1 Å². The lowest BCUT2D eigenvalue weighted by Gasteiger charge is -2.12. The monoisotopic (exact) mass is 192 g/mol. The van der Waals surface area contributed by atoms with Gasteiger partial charge >= 0.3 is 0 Å². The summed E-state index contributed by atoms with van der Waals surface area (Å²) in [4.78, 5) is 0. The molecule has 4 heteroatoms. The summed E-state index contributed by atoms with van der Waals surface area (Å²) in [5, 5.41) is 0. The predicted octanol–water partition coefficient (Wildman–Crippen LogP) is 1.05. The summed E-state index contributed by atoms with van der Waals surface area (Å²) in [6, 6.07) is 0. The third kappa shape index (κ3) is 9.76. The minimum atomic E-state index is -0.143. The minimum absolute atomic E-state index is 0.143. The highest BCUT2D eigenvalue weighted by Crippen LogP contribution is 1.92. The molecule has 0 aliphatic heterocycles. The van der Waals surface area contributed by atoms with Gasteiger partial charge in [-0.1, -0.05) is 0 Å². The minimum Gasteiger partial charge on any atom is -0.382 e. The zero-order valence-corrected chi connectivity index (χ0v) is 8.75. The van der Waals surface area contributed by atoms with E-state index in [-0.39, 0.29) is 6.29 Å². The highest BCUT2D eigenvalue weighted by atomic mass is 16.7. The fourth-order valence-corrected chi connectivity index (χ4v) is 0.800. The Balaban J connectivity index is 2.97. The quantitative estimate of drug-likeness (QED) is 0.404. The van der Waals surface area contributed by atoms with E-state index in [1.165, 1.54) is 0 Å². The van der Waals surface area contributed by atoms with E-state index in [0.29, 0.717) is 33.0 Å². The summed E-state index contributed by atoms with van der Waals surface area (Å²) >= 11 is 0. The maximum absolute atomic E-state index is 5.27. The highest BCUT2D eigenvalue weighted by Gasteiger charge is 1.98. The molecule has 0 aliphatic carbocycles.